The van der Waals surface area contributed by atoms with Crippen molar-refractivity contribution >= 4 is 11.5 Å². The van der Waals surface area contributed by atoms with Crippen LogP contribution in [-0.4, -0.2) is 18.9 Å². The van der Waals surface area contributed by atoms with Crippen molar-refractivity contribution in [1.82, 2.24) is 0 Å². The zero-order valence-electron chi connectivity index (χ0n) is 9.36. The maximum atomic E-state index is 11.5. The molecule has 80 valence electrons. The Balaban J connectivity index is 2.35. The fourth-order valence-corrected chi connectivity index (χ4v) is 2.32. The van der Waals surface area contributed by atoms with Crippen LogP contribution in [0.2, 0.25) is 0 Å². The molecule has 0 saturated heterocycles. The molecule has 0 radical (unpaired) electrons. The Kier molecular flexibility index (Phi) is 2.76. The van der Waals surface area contributed by atoms with E-state index in [1.54, 1.807) is 6.92 Å². The molecule has 1 aliphatic rings. The molecule has 2 rings (SSSR count). The second kappa shape index (κ2) is 4.05. The SMILES string of the molecule is CCCN1CC(C(C)=O)c2ccccc21. The predicted octanol–water partition coefficient (Wildman–Crippen LogP) is 2.59. The van der Waals surface area contributed by atoms with Crippen molar-refractivity contribution in [3.63, 3.8) is 0 Å². The van der Waals surface area contributed by atoms with E-state index in [4.69, 9.17) is 0 Å². The van der Waals surface area contributed by atoms with Crippen LogP contribution in [0.1, 0.15) is 31.7 Å². The number of para-hydroxylation sites is 1. The molecule has 1 aromatic rings. The molecule has 0 amide bonds. The third-order valence-electron chi connectivity index (χ3n) is 3.04. The van der Waals surface area contributed by atoms with Crippen molar-refractivity contribution in [3.05, 3.63) is 29.8 Å². The molecule has 0 spiro atoms. The van der Waals surface area contributed by atoms with Crippen molar-refractivity contribution in [2.24, 2.45) is 0 Å². The van der Waals surface area contributed by atoms with Gasteiger partial charge in [0.05, 0.1) is 5.92 Å². The average Bonchev–Trinajstić information content (AvgIpc) is 2.59. The van der Waals surface area contributed by atoms with Crippen molar-refractivity contribution in [3.8, 4) is 0 Å². The van der Waals surface area contributed by atoms with E-state index in [2.05, 4.69) is 24.0 Å². The molecule has 1 atom stereocenters. The van der Waals surface area contributed by atoms with E-state index in [-0.39, 0.29) is 11.7 Å². The van der Waals surface area contributed by atoms with Crippen molar-refractivity contribution in [1.29, 1.82) is 0 Å². The normalized spacial score (nSPS) is 19.1. The minimum Gasteiger partial charge on any atom is -0.370 e. The van der Waals surface area contributed by atoms with Gasteiger partial charge in [0.2, 0.25) is 0 Å². The Morgan fingerprint density at radius 1 is 1.47 bits per heavy atom. The summed E-state index contributed by atoms with van der Waals surface area (Å²) in [6.45, 7) is 5.77. The summed E-state index contributed by atoms with van der Waals surface area (Å²) in [6.07, 6.45) is 1.12. The summed E-state index contributed by atoms with van der Waals surface area (Å²) < 4.78 is 0. The van der Waals surface area contributed by atoms with Crippen LogP contribution in [0.5, 0.6) is 0 Å². The van der Waals surface area contributed by atoms with Gasteiger partial charge in [-0.1, -0.05) is 25.1 Å². The van der Waals surface area contributed by atoms with E-state index < -0.39 is 0 Å². The molecule has 2 heteroatoms. The second-order valence-electron chi connectivity index (χ2n) is 4.17. The van der Waals surface area contributed by atoms with Crippen molar-refractivity contribution in [2.45, 2.75) is 26.2 Å². The summed E-state index contributed by atoms with van der Waals surface area (Å²) in [4.78, 5) is 13.9. The highest BCUT2D eigenvalue weighted by Crippen LogP contribution is 2.36. The van der Waals surface area contributed by atoms with E-state index in [0.29, 0.717) is 0 Å². The van der Waals surface area contributed by atoms with Crippen LogP contribution >= 0.6 is 0 Å². The molecule has 0 N–H and O–H groups in total. The fourth-order valence-electron chi connectivity index (χ4n) is 2.32. The van der Waals surface area contributed by atoms with Gasteiger partial charge < -0.3 is 4.90 Å². The topological polar surface area (TPSA) is 20.3 Å². The molecule has 0 saturated carbocycles. The third kappa shape index (κ3) is 1.76. The standard InChI is InChI=1S/C13H17NO/c1-3-8-14-9-12(10(2)15)11-6-4-5-7-13(11)14/h4-7,12H,3,8-9H2,1-2H3. The van der Waals surface area contributed by atoms with Crippen LogP contribution in [0.4, 0.5) is 5.69 Å². The molecule has 15 heavy (non-hydrogen) atoms. The molecule has 1 aliphatic heterocycles. The lowest BCUT2D eigenvalue weighted by Crippen LogP contribution is -2.24. The highest BCUT2D eigenvalue weighted by molar-refractivity contribution is 5.88. The van der Waals surface area contributed by atoms with Crippen LogP contribution in [0.3, 0.4) is 0 Å². The minimum atomic E-state index is 0.0905. The number of Topliss-reactive ketones (excluding diaryl/α,β-unsaturated/α-hetero) is 1. The maximum Gasteiger partial charge on any atom is 0.139 e. The molecule has 1 heterocycles. The summed E-state index contributed by atoms with van der Waals surface area (Å²) >= 11 is 0. The van der Waals surface area contributed by atoms with E-state index in [0.717, 1.165) is 19.5 Å². The largest absolute Gasteiger partial charge is 0.370 e. The lowest BCUT2D eigenvalue weighted by atomic mass is 9.98. The van der Waals surface area contributed by atoms with Gasteiger partial charge in [0.1, 0.15) is 5.78 Å². The Morgan fingerprint density at radius 2 is 2.20 bits per heavy atom. The van der Waals surface area contributed by atoms with Gasteiger partial charge in [0.15, 0.2) is 0 Å². The van der Waals surface area contributed by atoms with E-state index in [9.17, 15) is 4.79 Å². The molecule has 2 nitrogen and oxygen atoms in total. The predicted molar refractivity (Wildman–Crippen MR) is 62.4 cm³/mol. The first-order valence-electron chi connectivity index (χ1n) is 5.58. The summed E-state index contributed by atoms with van der Waals surface area (Å²) in [7, 11) is 0. The van der Waals surface area contributed by atoms with Crippen LogP contribution in [0, 0.1) is 0 Å². The van der Waals surface area contributed by atoms with E-state index in [1.165, 1.54) is 11.3 Å². The monoisotopic (exact) mass is 203 g/mol. The number of benzene rings is 1. The molecule has 0 aliphatic carbocycles. The minimum absolute atomic E-state index is 0.0905. The van der Waals surface area contributed by atoms with Gasteiger partial charge >= 0.3 is 0 Å². The van der Waals surface area contributed by atoms with Gasteiger partial charge in [-0.2, -0.15) is 0 Å². The molecule has 0 bridgehead atoms. The van der Waals surface area contributed by atoms with Crippen LogP contribution in [-0.2, 0) is 4.79 Å². The number of hydrogen-bond donors (Lipinski definition) is 0. The lowest BCUT2D eigenvalue weighted by Gasteiger charge is -2.18. The Labute approximate surface area is 90.9 Å². The first-order chi connectivity index (χ1) is 7.24. The Morgan fingerprint density at radius 3 is 2.87 bits per heavy atom. The quantitative estimate of drug-likeness (QED) is 0.752. The number of carbonyl (C=O) groups excluding carboxylic acids is 1. The summed E-state index contributed by atoms with van der Waals surface area (Å²) in [6, 6.07) is 8.26. The average molecular weight is 203 g/mol. The summed E-state index contributed by atoms with van der Waals surface area (Å²) in [5, 5.41) is 0. The number of ketones is 1. The number of carbonyl (C=O) groups is 1. The number of hydrogen-bond acceptors (Lipinski definition) is 2. The lowest BCUT2D eigenvalue weighted by molar-refractivity contribution is -0.118. The highest BCUT2D eigenvalue weighted by atomic mass is 16.1. The van der Waals surface area contributed by atoms with Gasteiger partial charge in [-0.05, 0) is 25.0 Å². The van der Waals surface area contributed by atoms with Gasteiger partial charge in [-0.15, -0.1) is 0 Å². The Bertz CT molecular complexity index is 373. The fraction of sp³-hybridized carbons (Fsp3) is 0.462. The van der Waals surface area contributed by atoms with E-state index >= 15 is 0 Å². The number of nitrogens with zero attached hydrogens (tertiary/aromatic N) is 1. The smallest absolute Gasteiger partial charge is 0.139 e. The van der Waals surface area contributed by atoms with Gasteiger partial charge in [-0.3, -0.25) is 4.79 Å². The van der Waals surface area contributed by atoms with Crippen LogP contribution < -0.4 is 4.90 Å². The zero-order valence-corrected chi connectivity index (χ0v) is 9.36. The van der Waals surface area contributed by atoms with E-state index in [1.807, 2.05) is 12.1 Å². The molecule has 1 aromatic carbocycles. The number of rotatable bonds is 3. The maximum absolute atomic E-state index is 11.5. The van der Waals surface area contributed by atoms with Crippen LogP contribution in [0.25, 0.3) is 0 Å². The highest BCUT2D eigenvalue weighted by Gasteiger charge is 2.30. The van der Waals surface area contributed by atoms with Gasteiger partial charge in [0.25, 0.3) is 0 Å². The number of fused-ring (bicyclic) bond motifs is 1. The van der Waals surface area contributed by atoms with Crippen LogP contribution in [0.15, 0.2) is 24.3 Å². The molecular weight excluding hydrogens is 186 g/mol. The first kappa shape index (κ1) is 10.2. The van der Waals surface area contributed by atoms with Crippen molar-refractivity contribution in [2.75, 3.05) is 18.0 Å². The summed E-state index contributed by atoms with van der Waals surface area (Å²) in [5.41, 5.74) is 2.46. The second-order valence-corrected chi connectivity index (χ2v) is 4.17. The molecule has 1 unspecified atom stereocenters. The van der Waals surface area contributed by atoms with Gasteiger partial charge in [-0.25, -0.2) is 0 Å². The zero-order chi connectivity index (χ0) is 10.8. The molecular formula is C13H17NO. The molecule has 0 fully saturated rings. The Hall–Kier alpha value is -1.31. The first-order valence-corrected chi connectivity index (χ1v) is 5.58. The molecule has 0 aromatic heterocycles. The van der Waals surface area contributed by atoms with Gasteiger partial charge in [0, 0.05) is 18.8 Å². The summed E-state index contributed by atoms with van der Waals surface area (Å²) in [5.74, 6) is 0.369. The number of anilines is 1. The third-order valence-corrected chi connectivity index (χ3v) is 3.04. The van der Waals surface area contributed by atoms with Crippen molar-refractivity contribution < 1.29 is 4.79 Å².